The first-order valence-electron chi connectivity index (χ1n) is 8.08. The molecule has 0 saturated heterocycles. The van der Waals surface area contributed by atoms with Crippen molar-refractivity contribution in [3.8, 4) is 6.07 Å². The first-order valence-corrected chi connectivity index (χ1v) is 8.08. The van der Waals surface area contributed by atoms with Crippen molar-refractivity contribution in [3.05, 3.63) is 11.3 Å². The highest BCUT2D eigenvalue weighted by atomic mass is 16.5. The topological polar surface area (TPSA) is 53.2 Å². The van der Waals surface area contributed by atoms with E-state index in [0.29, 0.717) is 18.4 Å². The van der Waals surface area contributed by atoms with Crippen LogP contribution in [0.1, 0.15) is 64.7 Å². The van der Waals surface area contributed by atoms with Crippen molar-refractivity contribution >= 4 is 0 Å². The Hall–Kier alpha value is -1.01. The van der Waals surface area contributed by atoms with E-state index >= 15 is 0 Å². The highest BCUT2D eigenvalue weighted by Crippen LogP contribution is 2.56. The molecule has 1 saturated carbocycles. The van der Waals surface area contributed by atoms with Crippen molar-refractivity contribution in [2.24, 2.45) is 11.3 Å². The van der Waals surface area contributed by atoms with E-state index in [1.807, 2.05) is 0 Å². The maximum Gasteiger partial charge on any atom is 0.0985 e. The number of unbranched alkanes of at least 4 members (excludes halogenated alkanes) is 1. The summed E-state index contributed by atoms with van der Waals surface area (Å²) in [5.41, 5.74) is 1.60. The summed E-state index contributed by atoms with van der Waals surface area (Å²) in [5, 5.41) is 18.9. The monoisotopic (exact) mass is 275 g/mol. The number of allylic oxidation sites excluding steroid dienone is 2. The number of aliphatic hydroxyl groups is 1. The van der Waals surface area contributed by atoms with Crippen LogP contribution in [0, 0.1) is 22.7 Å². The highest BCUT2D eigenvalue weighted by Gasteiger charge is 2.50. The van der Waals surface area contributed by atoms with Gasteiger partial charge in [0.15, 0.2) is 0 Å². The largest absolute Gasteiger partial charge is 0.495 e. The Morgan fingerprint density at radius 1 is 1.35 bits per heavy atom. The molecule has 110 valence electrons. The van der Waals surface area contributed by atoms with Gasteiger partial charge in [-0.3, -0.25) is 0 Å². The lowest BCUT2D eigenvalue weighted by Gasteiger charge is -2.44. The van der Waals surface area contributed by atoms with Crippen molar-refractivity contribution in [2.45, 2.75) is 76.9 Å². The van der Waals surface area contributed by atoms with Crippen LogP contribution < -0.4 is 0 Å². The zero-order chi connectivity index (χ0) is 14.2. The van der Waals surface area contributed by atoms with Crippen LogP contribution in [0.15, 0.2) is 11.3 Å². The van der Waals surface area contributed by atoms with Gasteiger partial charge in [-0.1, -0.05) is 6.92 Å². The van der Waals surface area contributed by atoms with Crippen LogP contribution >= 0.6 is 0 Å². The summed E-state index contributed by atoms with van der Waals surface area (Å²) < 4.78 is 6.21. The third-order valence-electron chi connectivity index (χ3n) is 5.81. The molecule has 1 fully saturated rings. The molecular formula is C17H25NO2. The number of nitrogens with zero attached hydrogens (tertiary/aromatic N) is 1. The molecule has 0 bridgehead atoms. The summed E-state index contributed by atoms with van der Waals surface area (Å²) in [6, 6.07) is 2.21. The van der Waals surface area contributed by atoms with Crippen LogP contribution in [0.5, 0.6) is 0 Å². The van der Waals surface area contributed by atoms with Gasteiger partial charge in [0.05, 0.1) is 24.0 Å². The van der Waals surface area contributed by atoms with Gasteiger partial charge in [-0.15, -0.1) is 0 Å². The van der Waals surface area contributed by atoms with Crippen LogP contribution in [-0.2, 0) is 4.74 Å². The van der Waals surface area contributed by atoms with Crippen molar-refractivity contribution < 1.29 is 9.84 Å². The lowest BCUT2D eigenvalue weighted by molar-refractivity contribution is 0.00451. The number of aliphatic hydroxyl groups excluding tert-OH is 1. The van der Waals surface area contributed by atoms with E-state index in [2.05, 4.69) is 13.0 Å². The van der Waals surface area contributed by atoms with Gasteiger partial charge in [0.2, 0.25) is 0 Å². The number of fused-ring (bicyclic) bond motifs is 2. The van der Waals surface area contributed by atoms with Crippen molar-refractivity contribution in [1.29, 1.82) is 5.26 Å². The van der Waals surface area contributed by atoms with Crippen LogP contribution in [0.2, 0.25) is 0 Å². The molecule has 0 aromatic heterocycles. The van der Waals surface area contributed by atoms with Gasteiger partial charge in [0, 0.05) is 18.3 Å². The summed E-state index contributed by atoms with van der Waals surface area (Å²) in [5.74, 6) is 1.77. The third-order valence-corrected chi connectivity index (χ3v) is 5.81. The van der Waals surface area contributed by atoms with E-state index in [1.165, 1.54) is 11.3 Å². The summed E-state index contributed by atoms with van der Waals surface area (Å²) in [6.07, 6.45) is 9.13. The van der Waals surface area contributed by atoms with E-state index in [-0.39, 0.29) is 11.5 Å². The molecule has 3 nitrogen and oxygen atoms in total. The third kappa shape index (κ3) is 2.24. The van der Waals surface area contributed by atoms with E-state index < -0.39 is 0 Å². The zero-order valence-corrected chi connectivity index (χ0v) is 12.4. The smallest absolute Gasteiger partial charge is 0.0985 e. The fourth-order valence-corrected chi connectivity index (χ4v) is 4.50. The SMILES string of the molecule is C[C@]12CCC3=C(CC[C@H](CCCC#N)O3)[C@@H]1CC[C@H]2O. The van der Waals surface area contributed by atoms with Gasteiger partial charge in [-0.25, -0.2) is 0 Å². The number of nitriles is 1. The second-order valence-corrected chi connectivity index (χ2v) is 6.93. The molecule has 3 rings (SSSR count). The number of ether oxygens (including phenoxy) is 1. The molecule has 20 heavy (non-hydrogen) atoms. The predicted octanol–water partition coefficient (Wildman–Crippen LogP) is 3.68. The Bertz CT molecular complexity index is 450. The zero-order valence-electron chi connectivity index (χ0n) is 12.4. The second-order valence-electron chi connectivity index (χ2n) is 6.93. The van der Waals surface area contributed by atoms with Crippen LogP contribution in [0.25, 0.3) is 0 Å². The first kappa shape index (κ1) is 13.9. The van der Waals surface area contributed by atoms with E-state index in [1.54, 1.807) is 0 Å². The Labute approximate surface area is 121 Å². The number of rotatable bonds is 3. The predicted molar refractivity (Wildman–Crippen MR) is 76.7 cm³/mol. The van der Waals surface area contributed by atoms with Crippen molar-refractivity contribution in [2.75, 3.05) is 0 Å². The molecule has 0 unspecified atom stereocenters. The molecule has 1 heterocycles. The van der Waals surface area contributed by atoms with Gasteiger partial charge in [0.25, 0.3) is 0 Å². The van der Waals surface area contributed by atoms with Gasteiger partial charge < -0.3 is 9.84 Å². The van der Waals surface area contributed by atoms with E-state index in [0.717, 1.165) is 51.4 Å². The minimum Gasteiger partial charge on any atom is -0.495 e. The maximum atomic E-state index is 10.3. The van der Waals surface area contributed by atoms with E-state index in [9.17, 15) is 5.11 Å². The molecule has 3 aliphatic rings. The summed E-state index contributed by atoms with van der Waals surface area (Å²) in [6.45, 7) is 2.26. The Morgan fingerprint density at radius 3 is 3.00 bits per heavy atom. The molecule has 1 aliphatic heterocycles. The molecule has 0 radical (unpaired) electrons. The van der Waals surface area contributed by atoms with Crippen molar-refractivity contribution in [3.63, 3.8) is 0 Å². The molecule has 1 N–H and O–H groups in total. The summed E-state index contributed by atoms with van der Waals surface area (Å²) >= 11 is 0. The number of hydrogen-bond acceptors (Lipinski definition) is 3. The minimum absolute atomic E-state index is 0.0931. The van der Waals surface area contributed by atoms with Crippen LogP contribution in [0.3, 0.4) is 0 Å². The minimum atomic E-state index is -0.130. The molecule has 0 aromatic rings. The average molecular weight is 275 g/mol. The van der Waals surface area contributed by atoms with Crippen molar-refractivity contribution in [1.82, 2.24) is 0 Å². The van der Waals surface area contributed by atoms with Gasteiger partial charge in [0.1, 0.15) is 0 Å². The maximum absolute atomic E-state index is 10.3. The normalized spacial score (nSPS) is 39.8. The van der Waals surface area contributed by atoms with Gasteiger partial charge in [-0.05, 0) is 56.4 Å². The molecule has 4 atom stereocenters. The lowest BCUT2D eigenvalue weighted by Crippen LogP contribution is -2.38. The molecule has 2 aliphatic carbocycles. The molecule has 0 amide bonds. The standard InChI is InChI=1S/C17H25NO2/c1-17-10-9-15-13(14(17)7-8-16(17)19)6-5-12(20-15)4-2-3-11-18/h12,14,16,19H,2-10H2,1H3/t12-,14-,16+,17-/m0/s1. The molecule has 0 spiro atoms. The van der Waals surface area contributed by atoms with E-state index in [4.69, 9.17) is 10.00 Å². The molecular weight excluding hydrogens is 250 g/mol. The van der Waals surface area contributed by atoms with Gasteiger partial charge in [-0.2, -0.15) is 5.26 Å². The lowest BCUT2D eigenvalue weighted by atomic mass is 9.66. The Morgan fingerprint density at radius 2 is 2.20 bits per heavy atom. The highest BCUT2D eigenvalue weighted by molar-refractivity contribution is 5.25. The Balaban J connectivity index is 1.69. The average Bonchev–Trinajstić information content (AvgIpc) is 2.75. The van der Waals surface area contributed by atoms with Crippen LogP contribution in [-0.4, -0.2) is 17.3 Å². The van der Waals surface area contributed by atoms with Crippen LogP contribution in [0.4, 0.5) is 0 Å². The van der Waals surface area contributed by atoms with Gasteiger partial charge >= 0.3 is 0 Å². The fourth-order valence-electron chi connectivity index (χ4n) is 4.50. The summed E-state index contributed by atoms with van der Waals surface area (Å²) in [7, 11) is 0. The molecule has 0 aromatic carbocycles. The Kier molecular flexibility index (Phi) is 3.77. The second kappa shape index (κ2) is 5.41. The quantitative estimate of drug-likeness (QED) is 0.799. The number of hydrogen-bond donors (Lipinski definition) is 1. The molecule has 3 heteroatoms. The fraction of sp³-hybridized carbons (Fsp3) is 0.824. The first-order chi connectivity index (χ1) is 9.65. The summed E-state index contributed by atoms with van der Waals surface area (Å²) in [4.78, 5) is 0.